The largest absolute Gasteiger partial charge is 0.492 e. The summed E-state index contributed by atoms with van der Waals surface area (Å²) in [4.78, 5) is 10.7. The Bertz CT molecular complexity index is 1020. The molecule has 0 saturated heterocycles. The number of halogens is 2. The molecule has 3 rings (SSSR count). The van der Waals surface area contributed by atoms with Gasteiger partial charge in [0.25, 0.3) is 0 Å². The molecule has 3 N–H and O–H groups in total. The van der Waals surface area contributed by atoms with E-state index in [1.54, 1.807) is 24.3 Å². The van der Waals surface area contributed by atoms with Crippen LogP contribution in [0.3, 0.4) is 0 Å². The molecule has 0 amide bonds. The van der Waals surface area contributed by atoms with Crippen molar-refractivity contribution < 1.29 is 28.5 Å². The number of carboxylic acids is 1. The molecule has 0 aliphatic rings. The number of ether oxygens (including phenoxy) is 3. The quantitative estimate of drug-likeness (QED) is 0.419. The molecule has 0 aromatic heterocycles. The van der Waals surface area contributed by atoms with Crippen molar-refractivity contribution in [2.24, 2.45) is 5.73 Å². The Morgan fingerprint density at radius 1 is 0.906 bits per heavy atom. The summed E-state index contributed by atoms with van der Waals surface area (Å²) in [5.41, 5.74) is 6.85. The molecule has 6 nitrogen and oxygen atoms in total. The summed E-state index contributed by atoms with van der Waals surface area (Å²) in [6.45, 7) is 0.812. The number of rotatable bonds is 11. The standard InChI is InChI=1S/C24H24FNO5.ClH/c25-22-14-17(7-9-24(27)28)6-8-23(22)30-16-18-12-20(29-11-10-26)15-21(13-18)31-19-4-2-1-3-5-19;/h1-6,8,12-15H,7,9-11,16,26H2,(H,27,28);1H. The van der Waals surface area contributed by atoms with Gasteiger partial charge in [-0.1, -0.05) is 24.3 Å². The van der Waals surface area contributed by atoms with Crippen molar-refractivity contribution in [1.29, 1.82) is 0 Å². The van der Waals surface area contributed by atoms with E-state index in [0.717, 1.165) is 5.56 Å². The Kier molecular flexibility index (Phi) is 9.78. The number of para-hydroxylation sites is 1. The zero-order valence-electron chi connectivity index (χ0n) is 17.3. The zero-order valence-corrected chi connectivity index (χ0v) is 18.1. The van der Waals surface area contributed by atoms with Gasteiger partial charge in [0.1, 0.15) is 30.5 Å². The average Bonchev–Trinajstić information content (AvgIpc) is 2.76. The second-order valence-corrected chi connectivity index (χ2v) is 6.81. The van der Waals surface area contributed by atoms with Crippen molar-refractivity contribution in [3.63, 3.8) is 0 Å². The molecule has 170 valence electrons. The number of hydrogen-bond acceptors (Lipinski definition) is 5. The minimum absolute atomic E-state index is 0. The number of carbonyl (C=O) groups is 1. The summed E-state index contributed by atoms with van der Waals surface area (Å²) in [6, 6.07) is 19.1. The van der Waals surface area contributed by atoms with Crippen molar-refractivity contribution in [3.8, 4) is 23.0 Å². The molecule has 0 radical (unpaired) electrons. The molecule has 0 heterocycles. The lowest BCUT2D eigenvalue weighted by molar-refractivity contribution is -0.136. The Labute approximate surface area is 192 Å². The van der Waals surface area contributed by atoms with Crippen molar-refractivity contribution in [3.05, 3.63) is 83.7 Å². The summed E-state index contributed by atoms with van der Waals surface area (Å²) in [7, 11) is 0. The van der Waals surface area contributed by atoms with Crippen LogP contribution in [0.25, 0.3) is 0 Å². The van der Waals surface area contributed by atoms with E-state index in [9.17, 15) is 9.18 Å². The van der Waals surface area contributed by atoms with Crippen LogP contribution in [0, 0.1) is 5.82 Å². The molecule has 3 aromatic rings. The molecule has 0 bridgehead atoms. The molecular formula is C24H25ClFNO5. The van der Waals surface area contributed by atoms with Gasteiger partial charge in [0.2, 0.25) is 0 Å². The van der Waals surface area contributed by atoms with E-state index in [0.29, 0.717) is 36.0 Å². The predicted octanol–water partition coefficient (Wildman–Crippen LogP) is 4.97. The van der Waals surface area contributed by atoms with E-state index in [-0.39, 0.29) is 37.6 Å². The Morgan fingerprint density at radius 2 is 1.66 bits per heavy atom. The third kappa shape index (κ3) is 7.76. The number of hydrogen-bond donors (Lipinski definition) is 2. The van der Waals surface area contributed by atoms with Crippen molar-refractivity contribution in [2.75, 3.05) is 13.2 Å². The number of aliphatic carboxylic acids is 1. The van der Waals surface area contributed by atoms with Gasteiger partial charge in [-0.15, -0.1) is 12.4 Å². The van der Waals surface area contributed by atoms with E-state index in [1.807, 2.05) is 30.3 Å². The van der Waals surface area contributed by atoms with E-state index < -0.39 is 11.8 Å². The van der Waals surface area contributed by atoms with Gasteiger partial charge in [-0.05, 0) is 53.9 Å². The highest BCUT2D eigenvalue weighted by molar-refractivity contribution is 5.85. The lowest BCUT2D eigenvalue weighted by Crippen LogP contribution is -2.11. The summed E-state index contributed by atoms with van der Waals surface area (Å²) in [5.74, 6) is 0.419. The van der Waals surface area contributed by atoms with Gasteiger partial charge in [-0.3, -0.25) is 4.79 Å². The zero-order chi connectivity index (χ0) is 22.1. The van der Waals surface area contributed by atoms with Crippen molar-refractivity contribution in [2.45, 2.75) is 19.4 Å². The maximum absolute atomic E-state index is 14.4. The minimum Gasteiger partial charge on any atom is -0.492 e. The second-order valence-electron chi connectivity index (χ2n) is 6.81. The van der Waals surface area contributed by atoms with Crippen LogP contribution in [0.2, 0.25) is 0 Å². The predicted molar refractivity (Wildman–Crippen MR) is 121 cm³/mol. The Morgan fingerprint density at radius 3 is 2.34 bits per heavy atom. The lowest BCUT2D eigenvalue weighted by Gasteiger charge is -2.13. The molecular weight excluding hydrogens is 437 g/mol. The molecule has 32 heavy (non-hydrogen) atoms. The first kappa shape index (κ1) is 25.0. The third-order valence-electron chi connectivity index (χ3n) is 4.32. The van der Waals surface area contributed by atoms with Crippen LogP contribution in [0.5, 0.6) is 23.0 Å². The Hall–Kier alpha value is -3.29. The first-order valence-electron chi connectivity index (χ1n) is 9.86. The fourth-order valence-corrected chi connectivity index (χ4v) is 2.89. The number of carboxylic acid groups (broad SMARTS) is 1. The van der Waals surface area contributed by atoms with Gasteiger partial charge >= 0.3 is 5.97 Å². The highest BCUT2D eigenvalue weighted by atomic mass is 35.5. The number of aryl methyl sites for hydroxylation is 1. The van der Waals surface area contributed by atoms with Crippen LogP contribution in [-0.4, -0.2) is 24.2 Å². The molecule has 3 aromatic carbocycles. The van der Waals surface area contributed by atoms with Gasteiger partial charge in [-0.25, -0.2) is 4.39 Å². The molecule has 0 spiro atoms. The number of nitrogens with two attached hydrogens (primary N) is 1. The fraction of sp³-hybridized carbons (Fsp3) is 0.208. The molecule has 0 fully saturated rings. The van der Waals surface area contributed by atoms with Gasteiger partial charge in [-0.2, -0.15) is 0 Å². The van der Waals surface area contributed by atoms with Crippen molar-refractivity contribution in [1.82, 2.24) is 0 Å². The number of benzene rings is 3. The normalized spacial score (nSPS) is 10.2. The summed E-state index contributed by atoms with van der Waals surface area (Å²) < 4.78 is 31.5. The first-order valence-corrected chi connectivity index (χ1v) is 9.86. The molecule has 0 unspecified atom stereocenters. The highest BCUT2D eigenvalue weighted by Crippen LogP contribution is 2.29. The van der Waals surface area contributed by atoms with E-state index in [1.165, 1.54) is 12.1 Å². The summed E-state index contributed by atoms with van der Waals surface area (Å²) in [6.07, 6.45) is 0.201. The van der Waals surface area contributed by atoms with Gasteiger partial charge in [0, 0.05) is 19.0 Å². The van der Waals surface area contributed by atoms with Crippen LogP contribution < -0.4 is 19.9 Å². The lowest BCUT2D eigenvalue weighted by atomic mass is 10.1. The average molecular weight is 462 g/mol. The molecule has 0 atom stereocenters. The second kappa shape index (κ2) is 12.5. The Balaban J connectivity index is 0.00000363. The highest BCUT2D eigenvalue weighted by Gasteiger charge is 2.09. The monoisotopic (exact) mass is 461 g/mol. The van der Waals surface area contributed by atoms with E-state index in [4.69, 9.17) is 25.1 Å². The minimum atomic E-state index is -0.925. The van der Waals surface area contributed by atoms with Crippen LogP contribution in [0.15, 0.2) is 66.7 Å². The SMILES string of the molecule is Cl.NCCOc1cc(COc2ccc(CCC(=O)O)cc2F)cc(Oc2ccccc2)c1. The summed E-state index contributed by atoms with van der Waals surface area (Å²) >= 11 is 0. The first-order chi connectivity index (χ1) is 15.0. The fourth-order valence-electron chi connectivity index (χ4n) is 2.89. The smallest absolute Gasteiger partial charge is 0.303 e. The maximum Gasteiger partial charge on any atom is 0.303 e. The van der Waals surface area contributed by atoms with Gasteiger partial charge in [0.15, 0.2) is 11.6 Å². The van der Waals surface area contributed by atoms with E-state index >= 15 is 0 Å². The topological polar surface area (TPSA) is 91.0 Å². The van der Waals surface area contributed by atoms with Crippen molar-refractivity contribution >= 4 is 18.4 Å². The van der Waals surface area contributed by atoms with E-state index in [2.05, 4.69) is 0 Å². The molecule has 0 saturated carbocycles. The van der Waals surface area contributed by atoms with Gasteiger partial charge < -0.3 is 25.1 Å². The molecule has 0 aliphatic carbocycles. The van der Waals surface area contributed by atoms with Crippen LogP contribution in [0.4, 0.5) is 4.39 Å². The van der Waals surface area contributed by atoms with Crippen LogP contribution >= 0.6 is 12.4 Å². The summed E-state index contributed by atoms with van der Waals surface area (Å²) in [5, 5.41) is 8.76. The van der Waals surface area contributed by atoms with Gasteiger partial charge in [0.05, 0.1) is 0 Å². The molecule has 8 heteroatoms. The maximum atomic E-state index is 14.4. The van der Waals surface area contributed by atoms with Crippen LogP contribution in [0.1, 0.15) is 17.5 Å². The third-order valence-corrected chi connectivity index (χ3v) is 4.32. The van der Waals surface area contributed by atoms with Crippen LogP contribution in [-0.2, 0) is 17.8 Å². The molecule has 0 aliphatic heterocycles.